The van der Waals surface area contributed by atoms with Crippen molar-refractivity contribution in [2.45, 2.75) is 44.6 Å². The Labute approximate surface area is 178 Å². The number of rotatable bonds is 5. The molecule has 2 N–H and O–H groups in total. The van der Waals surface area contributed by atoms with Crippen molar-refractivity contribution in [1.82, 2.24) is 10.6 Å². The van der Waals surface area contributed by atoms with Crippen molar-refractivity contribution in [3.63, 3.8) is 0 Å². The molecule has 3 nitrogen and oxygen atoms in total. The first-order chi connectivity index (χ1) is 14.8. The molecule has 5 rings (SSSR count). The molecule has 0 bridgehead atoms. The minimum atomic E-state index is 0.0647. The summed E-state index contributed by atoms with van der Waals surface area (Å²) in [6.07, 6.45) is 6.72. The quantitative estimate of drug-likeness (QED) is 0.596. The van der Waals surface area contributed by atoms with E-state index >= 15 is 0 Å². The minimum Gasteiger partial charge on any atom is -0.376 e. The lowest BCUT2D eigenvalue weighted by Crippen LogP contribution is -2.37. The van der Waals surface area contributed by atoms with E-state index < -0.39 is 0 Å². The van der Waals surface area contributed by atoms with Crippen LogP contribution in [0.2, 0.25) is 0 Å². The average molecular weight is 397 g/mol. The first-order valence-corrected chi connectivity index (χ1v) is 11.1. The highest BCUT2D eigenvalue weighted by molar-refractivity contribution is 5.87. The second-order valence-electron chi connectivity index (χ2n) is 8.46. The maximum absolute atomic E-state index is 12.8. The van der Waals surface area contributed by atoms with Crippen LogP contribution in [0.1, 0.15) is 54.8 Å². The highest BCUT2D eigenvalue weighted by Crippen LogP contribution is 2.33. The van der Waals surface area contributed by atoms with E-state index in [-0.39, 0.29) is 11.9 Å². The first kappa shape index (κ1) is 18.9. The van der Waals surface area contributed by atoms with Gasteiger partial charge in [0.1, 0.15) is 0 Å². The monoisotopic (exact) mass is 396 g/mol. The van der Waals surface area contributed by atoms with Crippen LogP contribution in [0.15, 0.2) is 72.3 Å². The van der Waals surface area contributed by atoms with Gasteiger partial charge in [-0.25, -0.2) is 0 Å². The molecule has 3 heteroatoms. The van der Waals surface area contributed by atoms with Crippen LogP contribution in [0.25, 0.3) is 16.5 Å². The van der Waals surface area contributed by atoms with Gasteiger partial charge in [-0.05, 0) is 77.6 Å². The molecule has 0 heterocycles. The Balaban J connectivity index is 1.30. The lowest BCUT2D eigenvalue weighted by molar-refractivity contribution is -0.120. The van der Waals surface area contributed by atoms with Crippen molar-refractivity contribution in [3.05, 3.63) is 89.0 Å². The molecule has 1 atom stereocenters. The summed E-state index contributed by atoms with van der Waals surface area (Å²) in [5.74, 6) is 0.0647. The molecule has 1 fully saturated rings. The Morgan fingerprint density at radius 3 is 2.50 bits per heavy atom. The molecule has 152 valence electrons. The zero-order valence-electron chi connectivity index (χ0n) is 17.3. The number of nitrogens with one attached hydrogen (secondary N) is 2. The number of hydrogen-bond acceptors (Lipinski definition) is 2. The second kappa shape index (κ2) is 8.35. The number of hydrogen-bond donors (Lipinski definition) is 2. The van der Waals surface area contributed by atoms with E-state index in [9.17, 15) is 4.79 Å². The molecule has 3 aromatic rings. The summed E-state index contributed by atoms with van der Waals surface area (Å²) >= 11 is 0. The van der Waals surface area contributed by atoms with Crippen LogP contribution in [-0.4, -0.2) is 12.5 Å². The van der Waals surface area contributed by atoms with Gasteiger partial charge < -0.3 is 10.6 Å². The summed E-state index contributed by atoms with van der Waals surface area (Å²) in [6, 6.07) is 23.6. The lowest BCUT2D eigenvalue weighted by atomic mass is 9.87. The molecular formula is C27H28N2O. The summed E-state index contributed by atoms with van der Waals surface area (Å²) in [4.78, 5) is 12.8. The van der Waals surface area contributed by atoms with Crippen molar-refractivity contribution in [3.8, 4) is 0 Å². The number of carbonyl (C=O) groups excluding carboxylic acids is 1. The molecule has 1 unspecified atom stereocenters. The molecular weight excluding hydrogens is 368 g/mol. The zero-order chi connectivity index (χ0) is 20.3. The van der Waals surface area contributed by atoms with Gasteiger partial charge in [0.15, 0.2) is 0 Å². The Morgan fingerprint density at radius 2 is 1.67 bits per heavy atom. The van der Waals surface area contributed by atoms with Crippen molar-refractivity contribution in [1.29, 1.82) is 0 Å². The molecule has 0 aromatic heterocycles. The topological polar surface area (TPSA) is 41.1 Å². The first-order valence-electron chi connectivity index (χ1n) is 11.1. The smallest absolute Gasteiger partial charge is 0.239 e. The third-order valence-electron chi connectivity index (χ3n) is 6.48. The zero-order valence-corrected chi connectivity index (χ0v) is 17.3. The van der Waals surface area contributed by atoms with E-state index in [1.165, 1.54) is 39.5 Å². The van der Waals surface area contributed by atoms with Gasteiger partial charge in [0.2, 0.25) is 5.91 Å². The van der Waals surface area contributed by atoms with Gasteiger partial charge in [-0.3, -0.25) is 4.79 Å². The van der Waals surface area contributed by atoms with Gasteiger partial charge in [-0.1, -0.05) is 60.7 Å². The summed E-state index contributed by atoms with van der Waals surface area (Å²) in [7, 11) is 0. The Hall–Kier alpha value is -3.07. The number of amides is 1. The van der Waals surface area contributed by atoms with Crippen LogP contribution in [0, 0.1) is 0 Å². The van der Waals surface area contributed by atoms with Crippen LogP contribution >= 0.6 is 0 Å². The largest absolute Gasteiger partial charge is 0.376 e. The third-order valence-corrected chi connectivity index (χ3v) is 6.48. The van der Waals surface area contributed by atoms with Crippen molar-refractivity contribution in [2.75, 3.05) is 6.54 Å². The maximum Gasteiger partial charge on any atom is 0.239 e. The summed E-state index contributed by atoms with van der Waals surface area (Å²) in [5.41, 5.74) is 6.41. The van der Waals surface area contributed by atoms with E-state index in [1.807, 2.05) is 0 Å². The van der Waals surface area contributed by atoms with Crippen LogP contribution in [0.4, 0.5) is 0 Å². The number of allylic oxidation sites excluding steroid dienone is 1. The highest BCUT2D eigenvalue weighted by Gasteiger charge is 2.22. The van der Waals surface area contributed by atoms with E-state index in [0.717, 1.165) is 37.8 Å². The van der Waals surface area contributed by atoms with Gasteiger partial charge >= 0.3 is 0 Å². The SMILES string of the molecule is O=C(CNC(=C1CCC1)c1ccc2ccccc2c1)NC1CCCc2ccccc21. The van der Waals surface area contributed by atoms with Gasteiger partial charge in [0.05, 0.1) is 12.6 Å². The molecule has 0 radical (unpaired) electrons. The fourth-order valence-corrected chi connectivity index (χ4v) is 4.70. The number of carbonyl (C=O) groups is 1. The average Bonchev–Trinajstić information content (AvgIpc) is 2.75. The van der Waals surface area contributed by atoms with E-state index in [4.69, 9.17) is 0 Å². The molecule has 0 spiro atoms. The predicted molar refractivity (Wildman–Crippen MR) is 123 cm³/mol. The lowest BCUT2D eigenvalue weighted by Gasteiger charge is -2.27. The maximum atomic E-state index is 12.8. The summed E-state index contributed by atoms with van der Waals surface area (Å²) in [6.45, 7) is 0.310. The highest BCUT2D eigenvalue weighted by atomic mass is 16.2. The van der Waals surface area contributed by atoms with Crippen LogP contribution in [-0.2, 0) is 11.2 Å². The Kier molecular flexibility index (Phi) is 5.27. The number of benzene rings is 3. The number of fused-ring (bicyclic) bond motifs is 2. The van der Waals surface area contributed by atoms with Gasteiger partial charge in [-0.15, -0.1) is 0 Å². The molecule has 2 aliphatic carbocycles. The Bertz CT molecular complexity index is 1110. The molecule has 2 aliphatic rings. The fraction of sp³-hybridized carbons (Fsp3) is 0.296. The molecule has 0 saturated heterocycles. The summed E-state index contributed by atoms with van der Waals surface area (Å²) in [5, 5.41) is 9.22. The minimum absolute atomic E-state index is 0.0647. The van der Waals surface area contributed by atoms with Crippen molar-refractivity contribution < 1.29 is 4.79 Å². The fourth-order valence-electron chi connectivity index (χ4n) is 4.70. The van der Waals surface area contributed by atoms with Gasteiger partial charge in [-0.2, -0.15) is 0 Å². The molecule has 3 aromatic carbocycles. The van der Waals surface area contributed by atoms with Crippen molar-refractivity contribution in [2.24, 2.45) is 0 Å². The van der Waals surface area contributed by atoms with Crippen LogP contribution in [0.3, 0.4) is 0 Å². The van der Waals surface area contributed by atoms with Gasteiger partial charge in [0, 0.05) is 5.70 Å². The number of aryl methyl sites for hydroxylation is 1. The van der Waals surface area contributed by atoms with E-state index in [1.54, 1.807) is 0 Å². The van der Waals surface area contributed by atoms with Crippen molar-refractivity contribution >= 4 is 22.4 Å². The van der Waals surface area contributed by atoms with E-state index in [2.05, 4.69) is 77.4 Å². The Morgan fingerprint density at radius 1 is 0.867 bits per heavy atom. The standard InChI is InChI=1S/C27H28N2O/c30-26(29-25-14-6-10-20-8-3-4-13-24(20)25)18-28-27(21-11-5-12-21)23-16-15-19-7-1-2-9-22(19)17-23/h1-4,7-9,13,15-17,25,28H,5-6,10-12,14,18H2,(H,29,30). The molecule has 1 saturated carbocycles. The predicted octanol–water partition coefficient (Wildman–Crippen LogP) is 5.52. The van der Waals surface area contributed by atoms with Crippen LogP contribution in [0.5, 0.6) is 0 Å². The molecule has 1 amide bonds. The molecule has 30 heavy (non-hydrogen) atoms. The molecule has 0 aliphatic heterocycles. The third kappa shape index (κ3) is 3.85. The summed E-state index contributed by atoms with van der Waals surface area (Å²) < 4.78 is 0. The second-order valence-corrected chi connectivity index (χ2v) is 8.46. The van der Waals surface area contributed by atoms with Gasteiger partial charge in [0.25, 0.3) is 0 Å². The van der Waals surface area contributed by atoms with E-state index in [0.29, 0.717) is 6.54 Å². The van der Waals surface area contributed by atoms with Crippen LogP contribution < -0.4 is 10.6 Å². The normalized spacial score (nSPS) is 17.7.